The Labute approximate surface area is 154 Å². The first-order valence-corrected chi connectivity index (χ1v) is 9.27. The summed E-state index contributed by atoms with van der Waals surface area (Å²) in [6.45, 7) is 5.47. The molecule has 3 aromatic heterocycles. The number of halogens is 1. The smallest absolute Gasteiger partial charge is 0.225 e. The van der Waals surface area contributed by atoms with Gasteiger partial charge in [-0.05, 0) is 31.9 Å². The summed E-state index contributed by atoms with van der Waals surface area (Å²) in [4.78, 5) is 19.3. The van der Waals surface area contributed by atoms with Crippen molar-refractivity contribution in [2.24, 2.45) is 0 Å². The van der Waals surface area contributed by atoms with Crippen molar-refractivity contribution in [3.8, 4) is 0 Å². The van der Waals surface area contributed by atoms with E-state index in [0.717, 1.165) is 29.2 Å². The molecule has 0 bridgehead atoms. The SMILES string of the molecule is Cc1nc2nc(N[C@@H](C)c3cncc(F)c3)nc(C(O)N3CCC3)c2s1. The maximum atomic E-state index is 13.4. The second-order valence-electron chi connectivity index (χ2n) is 6.38. The maximum absolute atomic E-state index is 13.4. The minimum atomic E-state index is -0.777. The number of nitrogens with zero attached hydrogens (tertiary/aromatic N) is 5. The van der Waals surface area contributed by atoms with Gasteiger partial charge in [-0.15, -0.1) is 11.3 Å². The van der Waals surface area contributed by atoms with Crippen molar-refractivity contribution in [2.75, 3.05) is 18.4 Å². The van der Waals surface area contributed by atoms with Crippen molar-refractivity contribution >= 4 is 27.6 Å². The van der Waals surface area contributed by atoms with Gasteiger partial charge in [0.1, 0.15) is 11.5 Å². The zero-order chi connectivity index (χ0) is 18.3. The summed E-state index contributed by atoms with van der Waals surface area (Å²) < 4.78 is 14.2. The number of rotatable bonds is 5. The summed E-state index contributed by atoms with van der Waals surface area (Å²) in [6, 6.07) is 1.18. The number of anilines is 1. The van der Waals surface area contributed by atoms with Crippen LogP contribution in [0.3, 0.4) is 0 Å². The lowest BCUT2D eigenvalue weighted by Gasteiger charge is -2.34. The Hall–Kier alpha value is -2.23. The van der Waals surface area contributed by atoms with Gasteiger partial charge in [0.25, 0.3) is 0 Å². The first-order chi connectivity index (χ1) is 12.5. The first-order valence-electron chi connectivity index (χ1n) is 8.45. The van der Waals surface area contributed by atoms with E-state index in [2.05, 4.69) is 25.3 Å². The normalized spacial score (nSPS) is 17.1. The van der Waals surface area contributed by atoms with Crippen LogP contribution in [-0.4, -0.2) is 43.0 Å². The van der Waals surface area contributed by atoms with Crippen LogP contribution in [-0.2, 0) is 0 Å². The average molecular weight is 374 g/mol. The molecule has 0 aromatic carbocycles. The van der Waals surface area contributed by atoms with E-state index < -0.39 is 12.0 Å². The third-order valence-corrected chi connectivity index (χ3v) is 5.42. The quantitative estimate of drug-likeness (QED) is 0.710. The van der Waals surface area contributed by atoms with Crippen molar-refractivity contribution in [3.05, 3.63) is 40.5 Å². The minimum Gasteiger partial charge on any atom is -0.372 e. The molecule has 4 rings (SSSR count). The van der Waals surface area contributed by atoms with Gasteiger partial charge >= 0.3 is 0 Å². The van der Waals surface area contributed by atoms with Gasteiger partial charge in [0.05, 0.1) is 21.9 Å². The van der Waals surface area contributed by atoms with Gasteiger partial charge in [-0.3, -0.25) is 9.88 Å². The third kappa shape index (κ3) is 3.25. The number of aliphatic hydroxyl groups excluding tert-OH is 1. The maximum Gasteiger partial charge on any atom is 0.225 e. The van der Waals surface area contributed by atoms with Crippen molar-refractivity contribution < 1.29 is 9.50 Å². The highest BCUT2D eigenvalue weighted by Crippen LogP contribution is 2.32. The Balaban J connectivity index is 1.68. The van der Waals surface area contributed by atoms with Gasteiger partial charge in [0, 0.05) is 19.3 Å². The number of aliphatic hydroxyl groups is 1. The van der Waals surface area contributed by atoms with Crippen LogP contribution < -0.4 is 5.32 Å². The molecule has 2 atom stereocenters. The summed E-state index contributed by atoms with van der Waals surface area (Å²) in [6.07, 6.45) is 3.06. The van der Waals surface area contributed by atoms with E-state index >= 15 is 0 Å². The second kappa shape index (κ2) is 6.82. The molecule has 1 saturated heterocycles. The molecule has 7 nitrogen and oxygen atoms in total. The molecule has 1 unspecified atom stereocenters. The fourth-order valence-electron chi connectivity index (χ4n) is 2.89. The molecule has 9 heteroatoms. The van der Waals surface area contributed by atoms with E-state index in [-0.39, 0.29) is 6.04 Å². The summed E-state index contributed by atoms with van der Waals surface area (Å²) >= 11 is 1.47. The van der Waals surface area contributed by atoms with Gasteiger partial charge in [0.2, 0.25) is 5.95 Å². The predicted octanol–water partition coefficient (Wildman–Crippen LogP) is 2.80. The number of aryl methyl sites for hydroxylation is 1. The highest BCUT2D eigenvalue weighted by Gasteiger charge is 2.28. The number of hydrogen-bond acceptors (Lipinski definition) is 8. The second-order valence-corrected chi connectivity index (χ2v) is 7.59. The largest absolute Gasteiger partial charge is 0.372 e. The van der Waals surface area contributed by atoms with Crippen LogP contribution in [0.1, 0.15) is 41.9 Å². The molecular formula is C17H19FN6OS. The minimum absolute atomic E-state index is 0.246. The van der Waals surface area contributed by atoms with Crippen LogP contribution >= 0.6 is 11.3 Å². The fourth-order valence-corrected chi connectivity index (χ4v) is 3.75. The van der Waals surface area contributed by atoms with Crippen molar-refractivity contribution in [1.82, 2.24) is 24.8 Å². The van der Waals surface area contributed by atoms with E-state index in [0.29, 0.717) is 22.9 Å². The topological polar surface area (TPSA) is 87.1 Å². The Morgan fingerprint density at radius 1 is 1.27 bits per heavy atom. The van der Waals surface area contributed by atoms with Crippen LogP contribution in [0, 0.1) is 12.7 Å². The molecule has 3 aromatic rings. The number of pyridine rings is 1. The lowest BCUT2D eigenvalue weighted by atomic mass is 10.1. The van der Waals surface area contributed by atoms with Crippen LogP contribution in [0.5, 0.6) is 0 Å². The van der Waals surface area contributed by atoms with Crippen molar-refractivity contribution in [2.45, 2.75) is 32.5 Å². The highest BCUT2D eigenvalue weighted by atomic mass is 32.1. The van der Waals surface area contributed by atoms with Gasteiger partial charge in [-0.2, -0.15) is 4.98 Å². The standard InChI is InChI=1S/C17H19FN6OS/c1-9(11-6-12(18)8-19-7-11)20-17-22-13(16(25)24-4-3-5-24)14-15(23-17)21-10(2)26-14/h6-9,16,25H,3-5H2,1-2H3,(H,20,22,23)/t9-,16?/m0/s1. The molecule has 1 aliphatic rings. The molecular weight excluding hydrogens is 355 g/mol. The van der Waals surface area contributed by atoms with E-state index in [1.54, 1.807) is 6.20 Å². The zero-order valence-electron chi connectivity index (χ0n) is 14.5. The van der Waals surface area contributed by atoms with Gasteiger partial charge < -0.3 is 10.4 Å². The predicted molar refractivity (Wildman–Crippen MR) is 97.3 cm³/mol. The zero-order valence-corrected chi connectivity index (χ0v) is 15.3. The number of likely N-dealkylation sites (tertiary alicyclic amines) is 1. The molecule has 0 aliphatic carbocycles. The van der Waals surface area contributed by atoms with Gasteiger partial charge in [-0.1, -0.05) is 0 Å². The van der Waals surface area contributed by atoms with Crippen LogP contribution in [0.25, 0.3) is 10.3 Å². The lowest BCUT2D eigenvalue weighted by molar-refractivity contribution is -0.0381. The molecule has 2 N–H and O–H groups in total. The van der Waals surface area contributed by atoms with Crippen LogP contribution in [0.4, 0.5) is 10.3 Å². The van der Waals surface area contributed by atoms with Crippen molar-refractivity contribution in [3.63, 3.8) is 0 Å². The molecule has 0 spiro atoms. The van der Waals surface area contributed by atoms with Crippen LogP contribution in [0.15, 0.2) is 18.5 Å². The number of nitrogens with one attached hydrogen (secondary N) is 1. The van der Waals surface area contributed by atoms with E-state index in [4.69, 9.17) is 0 Å². The van der Waals surface area contributed by atoms with E-state index in [9.17, 15) is 9.50 Å². The number of thiazole rings is 1. The molecule has 0 radical (unpaired) electrons. The van der Waals surface area contributed by atoms with Gasteiger partial charge in [-0.25, -0.2) is 14.4 Å². The average Bonchev–Trinajstić information content (AvgIpc) is 2.92. The van der Waals surface area contributed by atoms with Crippen LogP contribution in [0.2, 0.25) is 0 Å². The number of fused-ring (bicyclic) bond motifs is 1. The molecule has 136 valence electrons. The number of aromatic nitrogens is 4. The number of hydrogen-bond donors (Lipinski definition) is 2. The summed E-state index contributed by atoms with van der Waals surface area (Å²) in [5, 5.41) is 14.7. The fraction of sp³-hybridized carbons (Fsp3) is 0.412. The molecule has 1 aliphatic heterocycles. The molecule has 0 amide bonds. The first kappa shape index (κ1) is 17.2. The Bertz CT molecular complexity index is 944. The van der Waals surface area contributed by atoms with Crippen molar-refractivity contribution in [1.29, 1.82) is 0 Å². The molecule has 1 fully saturated rings. The van der Waals surface area contributed by atoms with E-state index in [1.165, 1.54) is 23.6 Å². The third-order valence-electron chi connectivity index (χ3n) is 4.44. The lowest BCUT2D eigenvalue weighted by Crippen LogP contribution is -2.40. The highest BCUT2D eigenvalue weighted by molar-refractivity contribution is 7.18. The summed E-state index contributed by atoms with van der Waals surface area (Å²) in [5.74, 6) is -0.0364. The van der Waals surface area contributed by atoms with Gasteiger partial charge in [0.15, 0.2) is 11.9 Å². The molecule has 0 saturated carbocycles. The summed E-state index contributed by atoms with van der Waals surface area (Å²) in [7, 11) is 0. The molecule has 4 heterocycles. The monoisotopic (exact) mass is 374 g/mol. The molecule has 26 heavy (non-hydrogen) atoms. The Kier molecular flexibility index (Phi) is 4.51. The summed E-state index contributed by atoms with van der Waals surface area (Å²) in [5.41, 5.74) is 1.81. The Morgan fingerprint density at radius 2 is 2.08 bits per heavy atom. The van der Waals surface area contributed by atoms with E-state index in [1.807, 2.05) is 18.7 Å². The Morgan fingerprint density at radius 3 is 2.77 bits per heavy atom.